The van der Waals surface area contributed by atoms with Crippen molar-refractivity contribution in [2.75, 3.05) is 38.3 Å². The number of methoxy groups -OCH3 is 1. The lowest BCUT2D eigenvalue weighted by Crippen LogP contribution is -2.37. The number of aryl methyl sites for hydroxylation is 1. The van der Waals surface area contributed by atoms with Gasteiger partial charge in [-0.05, 0) is 43.2 Å². The normalized spacial score (nSPS) is 14.8. The first-order valence-corrected chi connectivity index (χ1v) is 10.3. The number of imidazole rings is 1. The van der Waals surface area contributed by atoms with Crippen molar-refractivity contribution in [2.24, 2.45) is 0 Å². The van der Waals surface area contributed by atoms with Crippen LogP contribution in [0.1, 0.15) is 32.9 Å². The van der Waals surface area contributed by atoms with Crippen molar-refractivity contribution in [1.82, 2.24) is 9.55 Å². The highest BCUT2D eigenvalue weighted by molar-refractivity contribution is 6.07. The lowest BCUT2D eigenvalue weighted by Gasteiger charge is -2.30. The third-order valence-electron chi connectivity index (χ3n) is 5.91. The number of benzene rings is 2. The molecule has 0 bridgehead atoms. The molecule has 1 aromatic heterocycles. The largest absolute Gasteiger partial charge is 0.465 e. The van der Waals surface area contributed by atoms with E-state index in [1.165, 1.54) is 20.1 Å². The minimum absolute atomic E-state index is 0.180. The summed E-state index contributed by atoms with van der Waals surface area (Å²) in [6.45, 7) is 5.84. The van der Waals surface area contributed by atoms with E-state index in [1.54, 1.807) is 13.0 Å². The zero-order valence-corrected chi connectivity index (χ0v) is 18.1. The molecular weight excluding hydrogens is 423 g/mol. The summed E-state index contributed by atoms with van der Waals surface area (Å²) < 4.78 is 52.4. The maximum Gasteiger partial charge on any atom is 0.416 e. The molecule has 32 heavy (non-hydrogen) atoms. The average molecular weight is 447 g/mol. The first-order chi connectivity index (χ1) is 15.2. The van der Waals surface area contributed by atoms with Crippen molar-refractivity contribution in [3.63, 3.8) is 0 Å². The highest BCUT2D eigenvalue weighted by atomic mass is 19.4. The van der Waals surface area contributed by atoms with E-state index in [0.717, 1.165) is 6.07 Å². The molecule has 2 heterocycles. The zero-order chi connectivity index (χ0) is 23.0. The van der Waals surface area contributed by atoms with Gasteiger partial charge in [0.05, 0.1) is 37.1 Å². The number of ether oxygens (including phenoxy) is 2. The van der Waals surface area contributed by atoms with Crippen molar-refractivity contribution >= 4 is 22.7 Å². The van der Waals surface area contributed by atoms with Crippen LogP contribution in [-0.2, 0) is 22.2 Å². The maximum atomic E-state index is 13.4. The number of carbonyl (C=O) groups is 1. The Hall–Kier alpha value is -3.07. The summed E-state index contributed by atoms with van der Waals surface area (Å²) in [5.41, 5.74) is 2.28. The van der Waals surface area contributed by atoms with Gasteiger partial charge in [0.15, 0.2) is 0 Å². The molecule has 0 unspecified atom stereocenters. The topological polar surface area (TPSA) is 56.6 Å². The lowest BCUT2D eigenvalue weighted by molar-refractivity contribution is -0.138. The van der Waals surface area contributed by atoms with Crippen LogP contribution in [0.4, 0.5) is 18.9 Å². The number of hydrogen-bond acceptors (Lipinski definition) is 5. The van der Waals surface area contributed by atoms with Crippen molar-refractivity contribution in [2.45, 2.75) is 26.6 Å². The number of rotatable bonds is 4. The molecule has 1 aliphatic heterocycles. The molecule has 170 valence electrons. The fraction of sp³-hybridized carbons (Fsp3) is 0.391. The summed E-state index contributed by atoms with van der Waals surface area (Å²) in [5, 5.41) is 0. The zero-order valence-electron chi connectivity index (χ0n) is 18.1. The van der Waals surface area contributed by atoms with Gasteiger partial charge in [0.2, 0.25) is 0 Å². The minimum atomic E-state index is -4.42. The second-order valence-electron chi connectivity index (χ2n) is 7.75. The predicted molar refractivity (Wildman–Crippen MR) is 114 cm³/mol. The van der Waals surface area contributed by atoms with E-state index in [0.29, 0.717) is 60.0 Å². The van der Waals surface area contributed by atoms with Gasteiger partial charge >= 0.3 is 12.1 Å². The predicted octanol–water partition coefficient (Wildman–Crippen LogP) is 4.34. The van der Waals surface area contributed by atoms with Gasteiger partial charge < -0.3 is 18.9 Å². The van der Waals surface area contributed by atoms with E-state index in [-0.39, 0.29) is 12.1 Å². The number of morpholine rings is 1. The molecule has 0 spiro atoms. The van der Waals surface area contributed by atoms with E-state index in [4.69, 9.17) is 9.47 Å². The highest BCUT2D eigenvalue weighted by Gasteiger charge is 2.33. The van der Waals surface area contributed by atoms with E-state index in [1.807, 2.05) is 16.7 Å². The number of fused-ring (bicyclic) bond motifs is 1. The molecule has 1 saturated heterocycles. The number of aromatic nitrogens is 2. The molecule has 1 aliphatic rings. The number of hydrogen-bond donors (Lipinski definition) is 0. The van der Waals surface area contributed by atoms with Crippen LogP contribution < -0.4 is 4.90 Å². The summed E-state index contributed by atoms with van der Waals surface area (Å²) >= 11 is 0. The standard InChI is InChI=1S/C23H24F3N3O3/c1-14-16(5-4-6-17(14)23(24,25)26)13-29-15(2)27-21-19(29)8-7-18(20(21)22(30)31-3)28-9-11-32-12-10-28/h4-8H,9-13H2,1-3H3. The fourth-order valence-corrected chi connectivity index (χ4v) is 4.20. The number of anilines is 1. The SMILES string of the molecule is COC(=O)c1c(N2CCOCC2)ccc2c1nc(C)n2Cc1cccc(C(F)(F)F)c1C. The smallest absolute Gasteiger partial charge is 0.416 e. The van der Waals surface area contributed by atoms with Gasteiger partial charge in [-0.25, -0.2) is 9.78 Å². The van der Waals surface area contributed by atoms with Crippen LogP contribution in [0.25, 0.3) is 11.0 Å². The van der Waals surface area contributed by atoms with Crippen molar-refractivity contribution in [1.29, 1.82) is 0 Å². The third-order valence-corrected chi connectivity index (χ3v) is 5.91. The number of esters is 1. The van der Waals surface area contributed by atoms with Crippen molar-refractivity contribution < 1.29 is 27.4 Å². The van der Waals surface area contributed by atoms with E-state index in [9.17, 15) is 18.0 Å². The molecule has 3 aromatic rings. The first kappa shape index (κ1) is 22.1. The first-order valence-electron chi connectivity index (χ1n) is 10.3. The highest BCUT2D eigenvalue weighted by Crippen LogP contribution is 2.34. The Morgan fingerprint density at radius 1 is 1.16 bits per heavy atom. The van der Waals surface area contributed by atoms with Gasteiger partial charge in [-0.2, -0.15) is 13.2 Å². The second-order valence-corrected chi connectivity index (χ2v) is 7.75. The molecule has 0 amide bonds. The second kappa shape index (κ2) is 8.46. The molecule has 4 rings (SSSR count). The van der Waals surface area contributed by atoms with Gasteiger partial charge in [-0.1, -0.05) is 12.1 Å². The van der Waals surface area contributed by atoms with Crippen LogP contribution in [0.2, 0.25) is 0 Å². The van der Waals surface area contributed by atoms with Crippen LogP contribution >= 0.6 is 0 Å². The third kappa shape index (κ3) is 3.92. The Balaban J connectivity index is 1.83. The summed E-state index contributed by atoms with van der Waals surface area (Å²) in [5.74, 6) is 0.0954. The average Bonchev–Trinajstić information content (AvgIpc) is 3.08. The molecule has 6 nitrogen and oxygen atoms in total. The van der Waals surface area contributed by atoms with Crippen molar-refractivity contribution in [3.8, 4) is 0 Å². The Morgan fingerprint density at radius 3 is 2.53 bits per heavy atom. The maximum absolute atomic E-state index is 13.4. The molecule has 0 aliphatic carbocycles. The summed E-state index contributed by atoms with van der Waals surface area (Å²) in [6.07, 6.45) is -4.42. The number of nitrogens with zero attached hydrogens (tertiary/aromatic N) is 3. The van der Waals surface area contributed by atoms with Crippen LogP contribution in [-0.4, -0.2) is 48.9 Å². The monoisotopic (exact) mass is 447 g/mol. The van der Waals surface area contributed by atoms with Crippen LogP contribution in [0.5, 0.6) is 0 Å². The van der Waals surface area contributed by atoms with Crippen LogP contribution in [0, 0.1) is 13.8 Å². The van der Waals surface area contributed by atoms with Crippen molar-refractivity contribution in [3.05, 3.63) is 58.4 Å². The molecule has 0 N–H and O–H groups in total. The number of halogens is 3. The Kier molecular flexibility index (Phi) is 5.85. The van der Waals surface area contributed by atoms with Gasteiger partial charge in [-0.15, -0.1) is 0 Å². The molecular formula is C23H24F3N3O3. The Bertz CT molecular complexity index is 1160. The van der Waals surface area contributed by atoms with E-state index in [2.05, 4.69) is 9.88 Å². The lowest BCUT2D eigenvalue weighted by atomic mass is 10.0. The van der Waals surface area contributed by atoms with Crippen LogP contribution in [0.3, 0.4) is 0 Å². The quantitative estimate of drug-likeness (QED) is 0.557. The molecule has 0 atom stereocenters. The fourth-order valence-electron chi connectivity index (χ4n) is 4.20. The minimum Gasteiger partial charge on any atom is -0.465 e. The summed E-state index contributed by atoms with van der Waals surface area (Å²) in [6, 6.07) is 7.88. The van der Waals surface area contributed by atoms with Crippen LogP contribution in [0.15, 0.2) is 30.3 Å². The van der Waals surface area contributed by atoms with E-state index < -0.39 is 17.7 Å². The van der Waals surface area contributed by atoms with E-state index >= 15 is 0 Å². The molecule has 0 saturated carbocycles. The molecule has 2 aromatic carbocycles. The van der Waals surface area contributed by atoms with Gasteiger partial charge in [0.1, 0.15) is 16.9 Å². The molecule has 0 radical (unpaired) electrons. The molecule has 1 fully saturated rings. The summed E-state index contributed by atoms with van der Waals surface area (Å²) in [4.78, 5) is 19.4. The summed E-state index contributed by atoms with van der Waals surface area (Å²) in [7, 11) is 1.32. The number of carbonyl (C=O) groups excluding carboxylic acids is 1. The van der Waals surface area contributed by atoms with Gasteiger partial charge in [0, 0.05) is 19.6 Å². The number of alkyl halides is 3. The van der Waals surface area contributed by atoms with Gasteiger partial charge in [-0.3, -0.25) is 0 Å². The van der Waals surface area contributed by atoms with Gasteiger partial charge in [0.25, 0.3) is 0 Å². The Morgan fingerprint density at radius 2 is 1.88 bits per heavy atom. The molecule has 9 heteroatoms. The Labute approximate surface area is 183 Å².